The van der Waals surface area contributed by atoms with E-state index in [0.717, 1.165) is 11.8 Å². The van der Waals surface area contributed by atoms with Crippen molar-refractivity contribution in [3.05, 3.63) is 6.26 Å². The summed E-state index contributed by atoms with van der Waals surface area (Å²) in [5.41, 5.74) is 0. The lowest BCUT2D eigenvalue weighted by molar-refractivity contribution is 1.80. The van der Waals surface area contributed by atoms with Crippen LogP contribution in [0.3, 0.4) is 0 Å². The summed E-state index contributed by atoms with van der Waals surface area (Å²) in [5, 5.41) is 0. The molecule has 0 saturated heterocycles. The largest absolute Gasteiger partial charge is 0.237 e. The number of thioether (sulfide) groups is 1. The highest BCUT2D eigenvalue weighted by Crippen LogP contribution is 2.37. The van der Waals surface area contributed by atoms with Gasteiger partial charge >= 0.3 is 0 Å². The van der Waals surface area contributed by atoms with Crippen molar-refractivity contribution in [1.82, 2.24) is 0 Å². The third-order valence-corrected chi connectivity index (χ3v) is 1.47. The van der Waals surface area contributed by atoms with Gasteiger partial charge < -0.3 is 0 Å². The molecule has 37 valence electrons. The van der Waals surface area contributed by atoms with Crippen LogP contribution in [0, 0.1) is 6.26 Å². The van der Waals surface area contributed by atoms with Gasteiger partial charge in [0.1, 0.15) is 0 Å². The molecule has 0 aromatic heterocycles. The molecule has 4 heteroatoms. The summed E-state index contributed by atoms with van der Waals surface area (Å²) >= 11 is 16.4. The van der Waals surface area contributed by atoms with E-state index in [-0.39, 0.29) is 0 Å². The quantitative estimate of drug-likeness (QED) is 0.496. The maximum atomic E-state index is 5.15. The molecule has 0 amide bonds. The summed E-state index contributed by atoms with van der Waals surface area (Å²) in [6.45, 7) is 0. The third-order valence-electron chi connectivity index (χ3n) is 0.164. The first-order valence-electron chi connectivity index (χ1n) is 1.06. The van der Waals surface area contributed by atoms with Crippen LogP contribution in [-0.4, -0.2) is 3.12 Å². The molecule has 0 aliphatic rings. The molecule has 0 bridgehead atoms. The van der Waals surface area contributed by atoms with Crippen LogP contribution in [0.5, 0.6) is 0 Å². The Kier molecular flexibility index (Phi) is 3.02. The molecule has 0 aromatic rings. The first kappa shape index (κ1) is 7.22. The van der Waals surface area contributed by atoms with Gasteiger partial charge in [-0.25, -0.2) is 0 Å². The predicted molar refractivity (Wildman–Crippen MR) is 33.2 cm³/mol. The van der Waals surface area contributed by atoms with Crippen molar-refractivity contribution in [3.8, 4) is 0 Å². The summed E-state index contributed by atoms with van der Waals surface area (Å²) in [6.07, 6.45) is 3.28. The molecule has 0 N–H and O–H groups in total. The Labute approximate surface area is 56.1 Å². The Bertz CT molecular complexity index is 38.5. The van der Waals surface area contributed by atoms with Gasteiger partial charge in [0.15, 0.2) is 0 Å². The van der Waals surface area contributed by atoms with Crippen molar-refractivity contribution in [3.63, 3.8) is 0 Å². The van der Waals surface area contributed by atoms with E-state index in [2.05, 4.69) is 6.26 Å². The van der Waals surface area contributed by atoms with Crippen LogP contribution in [0.1, 0.15) is 0 Å². The average Bonchev–Trinajstić information content (AvgIpc) is 1.35. The molecule has 0 fully saturated rings. The zero-order valence-corrected chi connectivity index (χ0v) is 5.83. The zero-order chi connectivity index (χ0) is 5.21. The lowest BCUT2D eigenvalue weighted by Gasteiger charge is -2.01. The highest BCUT2D eigenvalue weighted by Gasteiger charge is 2.15. The molecule has 0 saturated carbocycles. The molecule has 0 atom stereocenters. The van der Waals surface area contributed by atoms with Gasteiger partial charge in [-0.05, 0) is 0 Å². The minimum Gasteiger partial charge on any atom is -0.106 e. The van der Waals surface area contributed by atoms with Crippen molar-refractivity contribution in [1.29, 1.82) is 0 Å². The minimum absolute atomic E-state index is 0.928. The molecule has 0 nitrogen and oxygen atoms in total. The van der Waals surface area contributed by atoms with Crippen molar-refractivity contribution < 1.29 is 0 Å². The molecule has 0 aliphatic heterocycles. The van der Waals surface area contributed by atoms with Gasteiger partial charge in [-0.15, -0.1) is 11.8 Å². The molecule has 0 spiro atoms. The van der Waals surface area contributed by atoms with E-state index in [1.165, 1.54) is 0 Å². The summed E-state index contributed by atoms with van der Waals surface area (Å²) in [4.78, 5) is 0. The second-order valence-corrected chi connectivity index (χ2v) is 4.44. The van der Waals surface area contributed by atoms with Gasteiger partial charge in [0.2, 0.25) is 3.12 Å². The fraction of sp³-hybridized carbons (Fsp3) is 0.500. The molecular formula is C2H2Cl3S. The standard InChI is InChI=1S/C2H2Cl3S/c1-6-2(3,4)5/h1H2. The van der Waals surface area contributed by atoms with Crippen LogP contribution in [-0.2, 0) is 0 Å². The fourth-order valence-electron chi connectivity index (χ4n) is 0. The van der Waals surface area contributed by atoms with Crippen molar-refractivity contribution in [2.24, 2.45) is 0 Å². The Morgan fingerprint density at radius 1 is 1.33 bits per heavy atom. The second-order valence-electron chi connectivity index (χ2n) is 0.590. The summed E-state index contributed by atoms with van der Waals surface area (Å²) in [5.74, 6) is 0. The summed E-state index contributed by atoms with van der Waals surface area (Å²) in [6, 6.07) is 0. The first-order chi connectivity index (χ1) is 2.56. The highest BCUT2D eigenvalue weighted by molar-refractivity contribution is 8.05. The Hall–Kier alpha value is 1.22. The number of rotatable bonds is 0. The lowest BCUT2D eigenvalue weighted by atomic mass is 11.8. The fourth-order valence-corrected chi connectivity index (χ4v) is 0. The van der Waals surface area contributed by atoms with Crippen LogP contribution < -0.4 is 0 Å². The zero-order valence-electron chi connectivity index (χ0n) is 2.75. The Morgan fingerprint density at radius 2 is 1.50 bits per heavy atom. The minimum atomic E-state index is -1.24. The van der Waals surface area contributed by atoms with Gasteiger partial charge in [-0.1, -0.05) is 34.8 Å². The van der Waals surface area contributed by atoms with E-state index in [1.54, 1.807) is 0 Å². The van der Waals surface area contributed by atoms with Crippen LogP contribution >= 0.6 is 46.6 Å². The number of hydrogen-bond donors (Lipinski definition) is 0. The van der Waals surface area contributed by atoms with Gasteiger partial charge in [0.05, 0.1) is 0 Å². The van der Waals surface area contributed by atoms with E-state index in [4.69, 9.17) is 34.8 Å². The molecule has 6 heavy (non-hydrogen) atoms. The lowest BCUT2D eigenvalue weighted by Crippen LogP contribution is -1.87. The van der Waals surface area contributed by atoms with Crippen LogP contribution in [0.4, 0.5) is 0 Å². The average molecular weight is 164 g/mol. The number of alkyl halides is 3. The van der Waals surface area contributed by atoms with Gasteiger partial charge in [-0.2, -0.15) is 0 Å². The van der Waals surface area contributed by atoms with Gasteiger partial charge in [0, 0.05) is 6.26 Å². The molecule has 0 unspecified atom stereocenters. The Morgan fingerprint density at radius 3 is 1.50 bits per heavy atom. The smallest absolute Gasteiger partial charge is 0.106 e. The number of halogens is 3. The van der Waals surface area contributed by atoms with Crippen molar-refractivity contribution in [2.45, 2.75) is 3.12 Å². The first-order valence-corrected chi connectivity index (χ1v) is 3.18. The van der Waals surface area contributed by atoms with Gasteiger partial charge in [-0.3, -0.25) is 0 Å². The highest BCUT2D eigenvalue weighted by atomic mass is 35.6. The van der Waals surface area contributed by atoms with E-state index in [0.29, 0.717) is 0 Å². The third kappa shape index (κ3) is 5.22. The van der Waals surface area contributed by atoms with Crippen LogP contribution in [0.25, 0.3) is 0 Å². The number of hydrogen-bond acceptors (Lipinski definition) is 1. The van der Waals surface area contributed by atoms with E-state index in [9.17, 15) is 0 Å². The van der Waals surface area contributed by atoms with E-state index < -0.39 is 3.12 Å². The molecule has 0 aliphatic carbocycles. The van der Waals surface area contributed by atoms with Gasteiger partial charge in [0.25, 0.3) is 0 Å². The van der Waals surface area contributed by atoms with Crippen molar-refractivity contribution in [2.75, 3.05) is 0 Å². The van der Waals surface area contributed by atoms with Crippen LogP contribution in [0.2, 0.25) is 0 Å². The van der Waals surface area contributed by atoms with Crippen LogP contribution in [0.15, 0.2) is 0 Å². The molecule has 0 heterocycles. The SMILES string of the molecule is [CH2]SC(Cl)(Cl)Cl. The topological polar surface area (TPSA) is 0 Å². The molecule has 1 radical (unpaired) electrons. The normalized spacial score (nSPS) is 12.0. The second kappa shape index (κ2) is 2.51. The summed E-state index contributed by atoms with van der Waals surface area (Å²) < 4.78 is -1.24. The predicted octanol–water partition coefficient (Wildman–Crippen LogP) is 2.84. The van der Waals surface area contributed by atoms with E-state index >= 15 is 0 Å². The molecule has 0 rings (SSSR count). The van der Waals surface area contributed by atoms with E-state index in [1.807, 2.05) is 0 Å². The Balaban J connectivity index is 3.17. The monoisotopic (exact) mass is 163 g/mol. The molecule has 0 aromatic carbocycles. The maximum Gasteiger partial charge on any atom is 0.237 e. The maximum absolute atomic E-state index is 5.15. The van der Waals surface area contributed by atoms with Crippen molar-refractivity contribution >= 4 is 46.6 Å². The summed E-state index contributed by atoms with van der Waals surface area (Å²) in [7, 11) is 0. The molecular weight excluding hydrogens is 162 g/mol.